The van der Waals surface area contributed by atoms with Crippen molar-refractivity contribution in [3.8, 4) is 0 Å². The number of aliphatic hydroxyl groups excluding tert-OH is 1. The lowest BCUT2D eigenvalue weighted by Crippen LogP contribution is -2.39. The van der Waals surface area contributed by atoms with E-state index in [9.17, 15) is 13.5 Å². The van der Waals surface area contributed by atoms with Gasteiger partial charge in [0.2, 0.25) is 0 Å². The highest BCUT2D eigenvalue weighted by molar-refractivity contribution is 7.92. The summed E-state index contributed by atoms with van der Waals surface area (Å²) in [5.41, 5.74) is 2.31. The molecule has 0 saturated heterocycles. The van der Waals surface area contributed by atoms with Crippen molar-refractivity contribution in [2.45, 2.75) is 31.4 Å². The van der Waals surface area contributed by atoms with Gasteiger partial charge in [0.15, 0.2) is 0 Å². The number of benzene rings is 3. The van der Waals surface area contributed by atoms with Crippen LogP contribution in [0.15, 0.2) is 83.8 Å². The summed E-state index contributed by atoms with van der Waals surface area (Å²) in [6, 6.07) is 23.4. The van der Waals surface area contributed by atoms with Crippen molar-refractivity contribution in [2.24, 2.45) is 0 Å². The van der Waals surface area contributed by atoms with E-state index in [1.54, 1.807) is 41.1 Å². The molecule has 1 heterocycles. The molecule has 0 amide bonds. The Balaban J connectivity index is 1.77. The van der Waals surface area contributed by atoms with Gasteiger partial charge in [-0.1, -0.05) is 54.6 Å². The zero-order chi connectivity index (χ0) is 22.0. The summed E-state index contributed by atoms with van der Waals surface area (Å²) in [4.78, 5) is 0.182. The van der Waals surface area contributed by atoms with Crippen LogP contribution in [0.4, 0.5) is 5.69 Å². The number of aromatic nitrogens is 2. The molecule has 0 aliphatic rings. The van der Waals surface area contributed by atoms with E-state index < -0.39 is 16.1 Å². The second kappa shape index (κ2) is 8.53. The number of hydrogen-bond acceptors (Lipinski definition) is 4. The molecule has 0 unspecified atom stereocenters. The summed E-state index contributed by atoms with van der Waals surface area (Å²) in [5, 5.41) is 17.0. The Bertz CT molecular complexity index is 1290. The van der Waals surface area contributed by atoms with E-state index in [0.717, 1.165) is 22.2 Å². The van der Waals surface area contributed by atoms with Crippen molar-refractivity contribution >= 4 is 26.5 Å². The highest BCUT2D eigenvalue weighted by Crippen LogP contribution is 2.31. The maximum atomic E-state index is 13.6. The molecule has 1 atom stereocenters. The summed E-state index contributed by atoms with van der Waals surface area (Å²) >= 11 is 0. The van der Waals surface area contributed by atoms with E-state index in [1.807, 2.05) is 56.3 Å². The lowest BCUT2D eigenvalue weighted by atomic mass is 10.1. The van der Waals surface area contributed by atoms with Gasteiger partial charge in [-0.25, -0.2) is 8.42 Å². The van der Waals surface area contributed by atoms with E-state index in [1.165, 1.54) is 4.31 Å². The van der Waals surface area contributed by atoms with Gasteiger partial charge in [0.1, 0.15) is 0 Å². The molecule has 4 rings (SSSR count). The fraction of sp³-hybridized carbons (Fsp3) is 0.208. The Hall–Kier alpha value is -3.16. The molecule has 0 spiro atoms. The fourth-order valence-corrected chi connectivity index (χ4v) is 5.32. The Morgan fingerprint density at radius 3 is 2.35 bits per heavy atom. The molecule has 7 heteroatoms. The molecule has 6 nitrogen and oxygen atoms in total. The molecular formula is C24H25N3O3S. The standard InChI is InChI=1S/C24H25N3O3S/c1-18-15-19(2)26(25-18)16-21(28)17-27(31(29,30)22-11-4-3-5-12-22)24-14-8-10-20-9-6-7-13-23(20)24/h3-15,21,28H,16-17H2,1-2H3/t21-/m1/s1. The smallest absolute Gasteiger partial charge is 0.264 e. The molecule has 1 N–H and O–H groups in total. The number of aliphatic hydroxyl groups is 1. The van der Waals surface area contributed by atoms with E-state index in [4.69, 9.17) is 0 Å². The molecule has 0 fully saturated rings. The van der Waals surface area contributed by atoms with Crippen LogP contribution in [-0.4, -0.2) is 36.0 Å². The minimum atomic E-state index is -3.89. The summed E-state index contributed by atoms with van der Waals surface area (Å²) in [6.07, 6.45) is -0.949. The quantitative estimate of drug-likeness (QED) is 0.478. The molecule has 3 aromatic carbocycles. The Kier molecular flexibility index (Phi) is 5.80. The SMILES string of the molecule is Cc1cc(C)n(C[C@@H](O)CN(c2cccc3ccccc23)S(=O)(=O)c2ccccc2)n1. The van der Waals surface area contributed by atoms with Crippen molar-refractivity contribution in [2.75, 3.05) is 10.8 Å². The topological polar surface area (TPSA) is 75.4 Å². The van der Waals surface area contributed by atoms with E-state index in [-0.39, 0.29) is 18.0 Å². The van der Waals surface area contributed by atoms with Crippen LogP contribution in [0.1, 0.15) is 11.4 Å². The van der Waals surface area contributed by atoms with Gasteiger partial charge in [-0.05, 0) is 43.5 Å². The normalized spacial score (nSPS) is 12.7. The molecule has 31 heavy (non-hydrogen) atoms. The van der Waals surface area contributed by atoms with Crippen LogP contribution in [0.5, 0.6) is 0 Å². The molecule has 0 aliphatic carbocycles. The minimum absolute atomic E-state index is 0.0937. The van der Waals surface area contributed by atoms with Crippen LogP contribution in [0.3, 0.4) is 0 Å². The molecule has 0 bridgehead atoms. The number of aryl methyl sites for hydroxylation is 2. The van der Waals surface area contributed by atoms with Gasteiger partial charge in [0.25, 0.3) is 10.0 Å². The Labute approximate surface area is 182 Å². The lowest BCUT2D eigenvalue weighted by Gasteiger charge is -2.28. The third-order valence-corrected chi connectivity index (χ3v) is 7.02. The molecule has 1 aromatic heterocycles. The minimum Gasteiger partial charge on any atom is -0.389 e. The second-order valence-corrected chi connectivity index (χ2v) is 9.47. The number of rotatable bonds is 7. The monoisotopic (exact) mass is 435 g/mol. The molecule has 0 radical (unpaired) electrons. The van der Waals surface area contributed by atoms with Crippen molar-refractivity contribution < 1.29 is 13.5 Å². The first-order valence-electron chi connectivity index (χ1n) is 10.1. The van der Waals surface area contributed by atoms with Gasteiger partial charge >= 0.3 is 0 Å². The van der Waals surface area contributed by atoms with E-state index >= 15 is 0 Å². The number of anilines is 1. The van der Waals surface area contributed by atoms with Crippen molar-refractivity contribution in [3.63, 3.8) is 0 Å². The van der Waals surface area contributed by atoms with Crippen LogP contribution in [0.2, 0.25) is 0 Å². The predicted molar refractivity (Wildman–Crippen MR) is 123 cm³/mol. The first kappa shape index (κ1) is 21.1. The first-order valence-corrected chi connectivity index (χ1v) is 11.5. The number of sulfonamides is 1. The van der Waals surface area contributed by atoms with E-state index in [0.29, 0.717) is 5.69 Å². The van der Waals surface area contributed by atoms with Crippen molar-refractivity contribution in [3.05, 3.63) is 90.3 Å². The van der Waals surface area contributed by atoms with Crippen LogP contribution < -0.4 is 4.31 Å². The highest BCUT2D eigenvalue weighted by atomic mass is 32.2. The van der Waals surface area contributed by atoms with Gasteiger partial charge in [-0.15, -0.1) is 0 Å². The van der Waals surface area contributed by atoms with Crippen LogP contribution in [-0.2, 0) is 16.6 Å². The maximum absolute atomic E-state index is 13.6. The predicted octanol–water partition coefficient (Wildman–Crippen LogP) is 3.91. The summed E-state index contributed by atoms with van der Waals surface area (Å²) in [5.74, 6) is 0. The van der Waals surface area contributed by atoms with Gasteiger partial charge < -0.3 is 5.11 Å². The summed E-state index contributed by atoms with van der Waals surface area (Å²) in [7, 11) is -3.89. The van der Waals surface area contributed by atoms with Gasteiger partial charge in [0, 0.05) is 11.1 Å². The zero-order valence-corrected chi connectivity index (χ0v) is 18.3. The molecule has 0 aliphatic heterocycles. The van der Waals surface area contributed by atoms with Crippen molar-refractivity contribution in [1.82, 2.24) is 9.78 Å². The number of nitrogens with zero attached hydrogens (tertiary/aromatic N) is 3. The lowest BCUT2D eigenvalue weighted by molar-refractivity contribution is 0.157. The van der Waals surface area contributed by atoms with Crippen molar-refractivity contribution in [1.29, 1.82) is 0 Å². The third-order valence-electron chi connectivity index (χ3n) is 5.23. The summed E-state index contributed by atoms with van der Waals surface area (Å²) in [6.45, 7) is 3.91. The molecule has 160 valence electrons. The zero-order valence-electron chi connectivity index (χ0n) is 17.5. The molecule has 4 aromatic rings. The highest BCUT2D eigenvalue weighted by Gasteiger charge is 2.28. The average Bonchev–Trinajstić information content (AvgIpc) is 3.08. The maximum Gasteiger partial charge on any atom is 0.264 e. The third kappa shape index (κ3) is 4.33. The van der Waals surface area contributed by atoms with Gasteiger partial charge in [-0.3, -0.25) is 8.99 Å². The Morgan fingerprint density at radius 2 is 1.65 bits per heavy atom. The van der Waals surface area contributed by atoms with Crippen LogP contribution in [0.25, 0.3) is 10.8 Å². The number of fused-ring (bicyclic) bond motifs is 1. The first-order chi connectivity index (χ1) is 14.9. The molecule has 0 saturated carbocycles. The second-order valence-electron chi connectivity index (χ2n) is 7.61. The van der Waals surface area contributed by atoms with Crippen LogP contribution in [0, 0.1) is 13.8 Å². The largest absolute Gasteiger partial charge is 0.389 e. The number of hydrogen-bond donors (Lipinski definition) is 1. The Morgan fingerprint density at radius 1 is 0.968 bits per heavy atom. The molecular weight excluding hydrogens is 410 g/mol. The van der Waals surface area contributed by atoms with Gasteiger partial charge in [-0.2, -0.15) is 5.10 Å². The van der Waals surface area contributed by atoms with E-state index in [2.05, 4.69) is 5.10 Å². The average molecular weight is 436 g/mol. The van der Waals surface area contributed by atoms with Crippen LogP contribution >= 0.6 is 0 Å². The summed E-state index contributed by atoms with van der Waals surface area (Å²) < 4.78 is 30.3. The fourth-order valence-electron chi connectivity index (χ4n) is 3.78. The van der Waals surface area contributed by atoms with Gasteiger partial charge in [0.05, 0.1) is 35.5 Å².